The Morgan fingerprint density at radius 3 is 2.30 bits per heavy atom. The first-order chi connectivity index (χ1) is 19.6. The first-order valence-electron chi connectivity index (χ1n) is 15.6. The summed E-state index contributed by atoms with van der Waals surface area (Å²) in [6, 6.07) is 9.81. The number of fused-ring (bicyclic) bond motifs is 5. The lowest BCUT2D eigenvalue weighted by atomic mass is 9.76. The third-order valence-electron chi connectivity index (χ3n) is 10.0. The van der Waals surface area contributed by atoms with Crippen LogP contribution in [0.15, 0.2) is 34.2 Å². The number of para-hydroxylation sites is 2. The van der Waals surface area contributed by atoms with Gasteiger partial charge in [-0.2, -0.15) is 0 Å². The highest BCUT2D eigenvalue weighted by atomic mass is 16.6. The molecule has 2 saturated heterocycles. The molecule has 0 radical (unpaired) electrons. The molecule has 4 bridgehead atoms. The zero-order valence-corrected chi connectivity index (χ0v) is 24.1. The molecule has 2 saturated carbocycles. The summed E-state index contributed by atoms with van der Waals surface area (Å²) in [5.74, 6) is 1.50. The van der Waals surface area contributed by atoms with Crippen molar-refractivity contribution in [2.45, 2.75) is 115 Å². The van der Waals surface area contributed by atoms with Gasteiger partial charge in [-0.15, -0.1) is 0 Å². The van der Waals surface area contributed by atoms with Crippen LogP contribution in [0.5, 0.6) is 0 Å². The third kappa shape index (κ3) is 5.44. The second-order valence-corrected chi connectivity index (χ2v) is 12.5. The van der Waals surface area contributed by atoms with Crippen LogP contribution in [-0.2, 0) is 14.4 Å². The summed E-state index contributed by atoms with van der Waals surface area (Å²) in [7, 11) is 1.46. The normalized spacial score (nSPS) is 30.7. The number of ether oxygens (including phenoxy) is 1. The largest absolute Gasteiger partial charge is 0.466 e. The first-order valence-corrected chi connectivity index (χ1v) is 15.6. The van der Waals surface area contributed by atoms with Crippen molar-refractivity contribution in [2.75, 3.05) is 13.7 Å². The number of benzene rings is 1. The Bertz CT molecular complexity index is 1280. The number of oxime groups is 1. The number of hydrogen-bond acceptors (Lipinski definition) is 7. The van der Waals surface area contributed by atoms with E-state index in [0.29, 0.717) is 30.4 Å². The molecule has 4 aliphatic rings. The highest BCUT2D eigenvalue weighted by Gasteiger charge is 2.47. The van der Waals surface area contributed by atoms with Crippen LogP contribution in [0.3, 0.4) is 0 Å². The van der Waals surface area contributed by atoms with E-state index in [1.54, 1.807) is 6.92 Å². The second-order valence-electron chi connectivity index (χ2n) is 12.5. The molecule has 6 rings (SSSR count). The fourth-order valence-corrected chi connectivity index (χ4v) is 8.58. The van der Waals surface area contributed by atoms with Gasteiger partial charge in [0.2, 0.25) is 0 Å². The molecule has 8 nitrogen and oxygen atoms in total. The smallest absolute Gasteiger partial charge is 0.306 e. The SMILES string of the molecule is CCOC(=O)CC/C(=N\OC)c1nc2ccccc2n(C2C[C@H]3CC[C@H](C2)N3C2C[C@@H]3CCCC[C@@H](C2)C3)c1=O. The number of carbonyl (C=O) groups is 1. The summed E-state index contributed by atoms with van der Waals surface area (Å²) in [5, 5.41) is 4.16. The van der Waals surface area contributed by atoms with Crippen LogP contribution in [0, 0.1) is 11.8 Å². The first kappa shape index (κ1) is 27.4. The molecule has 1 aromatic carbocycles. The van der Waals surface area contributed by atoms with Crippen molar-refractivity contribution in [1.29, 1.82) is 0 Å². The Kier molecular flexibility index (Phi) is 8.24. The van der Waals surface area contributed by atoms with Crippen molar-refractivity contribution in [3.8, 4) is 0 Å². The maximum absolute atomic E-state index is 14.2. The summed E-state index contributed by atoms with van der Waals surface area (Å²) >= 11 is 0. The van der Waals surface area contributed by atoms with Gasteiger partial charge < -0.3 is 14.1 Å². The standard InChI is InChI=1S/C32H44N4O4/c1-3-40-30(37)15-14-28(34-39-2)31-32(38)36(29-11-7-6-10-27(29)33-31)26-19-23-12-13-24(20-26)35(23)25-17-21-8-4-5-9-22(16-21)18-25/h6-7,10-11,21-26H,3-5,8-9,12-20H2,1-2H3/b34-28+/t21-,22-,23-,24-/m1/s1. The number of aromatic nitrogens is 2. The molecule has 0 unspecified atom stereocenters. The van der Waals surface area contributed by atoms with Crippen LogP contribution < -0.4 is 5.56 Å². The molecule has 0 spiro atoms. The Hall–Kier alpha value is -2.74. The molecule has 2 aliphatic carbocycles. The molecule has 2 aromatic rings. The predicted octanol–water partition coefficient (Wildman–Crippen LogP) is 5.62. The summed E-state index contributed by atoms with van der Waals surface area (Å²) in [6.07, 6.45) is 14.7. The maximum atomic E-state index is 14.2. The minimum atomic E-state index is -0.320. The molecular formula is C32H44N4O4. The van der Waals surface area contributed by atoms with E-state index in [4.69, 9.17) is 14.6 Å². The monoisotopic (exact) mass is 548 g/mol. The van der Waals surface area contributed by atoms with Crippen molar-refractivity contribution in [3.05, 3.63) is 40.3 Å². The van der Waals surface area contributed by atoms with Crippen molar-refractivity contribution in [3.63, 3.8) is 0 Å². The average Bonchev–Trinajstić information content (AvgIpc) is 3.10. The number of carbonyl (C=O) groups excluding carboxylic acids is 1. The summed E-state index contributed by atoms with van der Waals surface area (Å²) in [6.45, 7) is 2.10. The summed E-state index contributed by atoms with van der Waals surface area (Å²) in [4.78, 5) is 39.1. The summed E-state index contributed by atoms with van der Waals surface area (Å²) < 4.78 is 7.10. The molecule has 1 aromatic heterocycles. The Labute approximate surface area is 237 Å². The molecule has 4 atom stereocenters. The van der Waals surface area contributed by atoms with Gasteiger partial charge >= 0.3 is 5.97 Å². The van der Waals surface area contributed by atoms with Crippen LogP contribution in [0.25, 0.3) is 11.0 Å². The van der Waals surface area contributed by atoms with Gasteiger partial charge in [-0.3, -0.25) is 14.5 Å². The Morgan fingerprint density at radius 1 is 0.925 bits per heavy atom. The van der Waals surface area contributed by atoms with E-state index in [-0.39, 0.29) is 36.1 Å². The number of esters is 1. The lowest BCUT2D eigenvalue weighted by Gasteiger charge is -2.48. The number of hydrogen-bond donors (Lipinski definition) is 0. The quantitative estimate of drug-likeness (QED) is 0.242. The number of nitrogens with zero attached hydrogens (tertiary/aromatic N) is 4. The van der Waals surface area contributed by atoms with E-state index in [9.17, 15) is 9.59 Å². The Balaban J connectivity index is 1.30. The van der Waals surface area contributed by atoms with Crippen LogP contribution in [0.4, 0.5) is 0 Å². The van der Waals surface area contributed by atoms with Crippen LogP contribution in [0.1, 0.15) is 102 Å². The highest BCUT2D eigenvalue weighted by molar-refractivity contribution is 6.00. The molecular weight excluding hydrogens is 504 g/mol. The van der Waals surface area contributed by atoms with Crippen molar-refractivity contribution < 1.29 is 14.4 Å². The minimum absolute atomic E-state index is 0.118. The van der Waals surface area contributed by atoms with E-state index in [0.717, 1.165) is 35.7 Å². The van der Waals surface area contributed by atoms with Crippen molar-refractivity contribution in [1.82, 2.24) is 14.5 Å². The van der Waals surface area contributed by atoms with Gasteiger partial charge in [0.15, 0.2) is 5.69 Å². The van der Waals surface area contributed by atoms with E-state index in [1.807, 2.05) is 28.8 Å². The second kappa shape index (κ2) is 12.0. The zero-order chi connectivity index (χ0) is 27.6. The molecule has 40 heavy (non-hydrogen) atoms. The molecule has 3 heterocycles. The fraction of sp³-hybridized carbons (Fsp3) is 0.688. The predicted molar refractivity (Wildman–Crippen MR) is 155 cm³/mol. The number of piperidine rings is 1. The molecule has 0 amide bonds. The van der Waals surface area contributed by atoms with Crippen molar-refractivity contribution in [2.24, 2.45) is 17.0 Å². The average molecular weight is 549 g/mol. The van der Waals surface area contributed by atoms with E-state index in [2.05, 4.69) is 10.1 Å². The van der Waals surface area contributed by atoms with Crippen LogP contribution >= 0.6 is 0 Å². The van der Waals surface area contributed by atoms with Gasteiger partial charge in [-0.05, 0) is 75.8 Å². The molecule has 8 heteroatoms. The van der Waals surface area contributed by atoms with Crippen molar-refractivity contribution >= 4 is 22.7 Å². The fourth-order valence-electron chi connectivity index (χ4n) is 8.58. The van der Waals surface area contributed by atoms with Crippen LogP contribution in [-0.4, -0.2) is 58.0 Å². The third-order valence-corrected chi connectivity index (χ3v) is 10.0. The lowest BCUT2D eigenvalue weighted by molar-refractivity contribution is -0.142. The Morgan fingerprint density at radius 2 is 1.62 bits per heavy atom. The van der Waals surface area contributed by atoms with E-state index >= 15 is 0 Å². The maximum Gasteiger partial charge on any atom is 0.306 e. The van der Waals surface area contributed by atoms with Gasteiger partial charge in [0, 0.05) is 30.6 Å². The molecule has 2 aliphatic heterocycles. The van der Waals surface area contributed by atoms with Gasteiger partial charge in [0.25, 0.3) is 5.56 Å². The van der Waals surface area contributed by atoms with Gasteiger partial charge in [-0.25, -0.2) is 4.98 Å². The lowest BCUT2D eigenvalue weighted by Crippen LogP contribution is -2.52. The van der Waals surface area contributed by atoms with Gasteiger partial charge in [0.05, 0.1) is 24.1 Å². The topological polar surface area (TPSA) is 86.0 Å². The van der Waals surface area contributed by atoms with Crippen LogP contribution in [0.2, 0.25) is 0 Å². The van der Waals surface area contributed by atoms with Gasteiger partial charge in [-0.1, -0.05) is 43.0 Å². The van der Waals surface area contributed by atoms with E-state index < -0.39 is 0 Å². The molecule has 0 N–H and O–H groups in total. The number of rotatable bonds is 8. The minimum Gasteiger partial charge on any atom is -0.466 e. The van der Waals surface area contributed by atoms with E-state index in [1.165, 1.54) is 64.9 Å². The highest BCUT2D eigenvalue weighted by Crippen LogP contribution is 2.48. The van der Waals surface area contributed by atoms with Gasteiger partial charge in [0.1, 0.15) is 12.8 Å². The zero-order valence-electron chi connectivity index (χ0n) is 24.1. The molecule has 4 fully saturated rings. The molecule has 216 valence electrons. The summed E-state index contributed by atoms with van der Waals surface area (Å²) in [5.41, 5.74) is 2.17.